The largest absolute Gasteiger partial charge is 0.473 e. The van der Waals surface area contributed by atoms with Crippen molar-refractivity contribution < 1.29 is 4.74 Å². The van der Waals surface area contributed by atoms with Crippen molar-refractivity contribution >= 4 is 0 Å². The molecule has 0 radical (unpaired) electrons. The maximum absolute atomic E-state index is 5.84. The number of rotatable bonds is 2. The molecule has 3 heteroatoms. The van der Waals surface area contributed by atoms with Crippen LogP contribution in [-0.4, -0.2) is 23.2 Å². The second kappa shape index (κ2) is 3.24. The van der Waals surface area contributed by atoms with Gasteiger partial charge in [0, 0.05) is 30.8 Å². The van der Waals surface area contributed by atoms with Crippen LogP contribution in [0, 0.1) is 0 Å². The number of nitrogens with one attached hydrogen (secondary N) is 1. The van der Waals surface area contributed by atoms with Gasteiger partial charge in [-0.3, -0.25) is 0 Å². The van der Waals surface area contributed by atoms with E-state index < -0.39 is 0 Å². The fourth-order valence-electron chi connectivity index (χ4n) is 2.48. The molecule has 3 rings (SSSR count). The molecule has 0 spiro atoms. The van der Waals surface area contributed by atoms with Crippen molar-refractivity contribution in [3.63, 3.8) is 0 Å². The van der Waals surface area contributed by atoms with Crippen molar-refractivity contribution in [3.05, 3.63) is 24.4 Å². The Balaban J connectivity index is 1.69. The molecule has 2 bridgehead atoms. The quantitative estimate of drug-likeness (QED) is 0.764. The first-order chi connectivity index (χ1) is 6.92. The first-order valence-electron chi connectivity index (χ1n) is 5.25. The average molecular weight is 190 g/mol. The van der Waals surface area contributed by atoms with Crippen LogP contribution in [0.3, 0.4) is 0 Å². The molecular weight excluding hydrogens is 176 g/mol. The van der Waals surface area contributed by atoms with Gasteiger partial charge in [-0.1, -0.05) is 6.07 Å². The van der Waals surface area contributed by atoms with Gasteiger partial charge < -0.3 is 10.1 Å². The van der Waals surface area contributed by atoms with Gasteiger partial charge in [0.15, 0.2) is 0 Å². The highest BCUT2D eigenvalue weighted by Gasteiger charge is 2.40. The molecular formula is C11H14N2O. The van der Waals surface area contributed by atoms with Gasteiger partial charge in [-0.05, 0) is 18.9 Å². The predicted octanol–water partition coefficient (Wildman–Crippen LogP) is 1.35. The van der Waals surface area contributed by atoms with E-state index in [2.05, 4.69) is 10.3 Å². The van der Waals surface area contributed by atoms with Crippen LogP contribution < -0.4 is 10.1 Å². The molecule has 2 aliphatic rings. The lowest BCUT2D eigenvalue weighted by Gasteiger charge is -2.20. The highest BCUT2D eigenvalue weighted by atomic mass is 16.5. The lowest BCUT2D eigenvalue weighted by atomic mass is 9.98. The molecule has 0 saturated carbocycles. The van der Waals surface area contributed by atoms with Gasteiger partial charge in [0.1, 0.15) is 6.10 Å². The summed E-state index contributed by atoms with van der Waals surface area (Å²) < 4.78 is 5.84. The molecule has 3 unspecified atom stereocenters. The van der Waals surface area contributed by atoms with Gasteiger partial charge >= 0.3 is 0 Å². The lowest BCUT2D eigenvalue weighted by molar-refractivity contribution is 0.164. The van der Waals surface area contributed by atoms with E-state index in [4.69, 9.17) is 4.74 Å². The van der Waals surface area contributed by atoms with E-state index in [1.54, 1.807) is 6.20 Å². The zero-order valence-electron chi connectivity index (χ0n) is 8.02. The highest BCUT2D eigenvalue weighted by Crippen LogP contribution is 2.30. The summed E-state index contributed by atoms with van der Waals surface area (Å²) in [5, 5.41) is 3.55. The van der Waals surface area contributed by atoms with Gasteiger partial charge in [-0.15, -0.1) is 0 Å². The van der Waals surface area contributed by atoms with Crippen LogP contribution in [0.25, 0.3) is 0 Å². The third kappa shape index (κ3) is 1.38. The van der Waals surface area contributed by atoms with Gasteiger partial charge in [0.05, 0.1) is 0 Å². The van der Waals surface area contributed by atoms with Crippen molar-refractivity contribution in [2.45, 2.75) is 37.5 Å². The summed E-state index contributed by atoms with van der Waals surface area (Å²) in [7, 11) is 0. The second-order valence-corrected chi connectivity index (χ2v) is 4.11. The second-order valence-electron chi connectivity index (χ2n) is 4.11. The summed E-state index contributed by atoms with van der Waals surface area (Å²) in [6.45, 7) is 0. The normalized spacial score (nSPS) is 34.7. The Hall–Kier alpha value is -1.09. The van der Waals surface area contributed by atoms with Crippen LogP contribution in [0.4, 0.5) is 0 Å². The van der Waals surface area contributed by atoms with E-state index >= 15 is 0 Å². The number of hydrogen-bond acceptors (Lipinski definition) is 3. The van der Waals surface area contributed by atoms with Crippen molar-refractivity contribution in [1.29, 1.82) is 0 Å². The maximum atomic E-state index is 5.84. The monoisotopic (exact) mass is 190 g/mol. The summed E-state index contributed by atoms with van der Waals surface area (Å²) >= 11 is 0. The number of fused-ring (bicyclic) bond motifs is 2. The van der Waals surface area contributed by atoms with Crippen molar-refractivity contribution in [1.82, 2.24) is 10.3 Å². The van der Waals surface area contributed by atoms with Crippen LogP contribution >= 0.6 is 0 Å². The summed E-state index contributed by atoms with van der Waals surface area (Å²) in [5.74, 6) is 0.756. The smallest absolute Gasteiger partial charge is 0.213 e. The van der Waals surface area contributed by atoms with Gasteiger partial charge in [0.25, 0.3) is 0 Å². The summed E-state index contributed by atoms with van der Waals surface area (Å²) in [6.07, 6.45) is 5.82. The molecule has 0 amide bonds. The number of nitrogens with zero attached hydrogens (tertiary/aromatic N) is 1. The standard InChI is InChI=1S/C11H14N2O/c1-2-6-12-11(3-1)14-10-7-8-4-5-9(10)13-8/h1-3,6,8-10,13H,4-5,7H2. The molecule has 1 aromatic rings. The predicted molar refractivity (Wildman–Crippen MR) is 53.2 cm³/mol. The Morgan fingerprint density at radius 3 is 3.00 bits per heavy atom. The van der Waals surface area contributed by atoms with Crippen LogP contribution in [0.1, 0.15) is 19.3 Å². The molecule has 3 atom stereocenters. The molecule has 2 aliphatic heterocycles. The minimum atomic E-state index is 0.337. The van der Waals surface area contributed by atoms with Crippen LogP contribution in [0.5, 0.6) is 5.88 Å². The number of hydrogen-bond donors (Lipinski definition) is 1. The molecule has 2 fully saturated rings. The molecule has 2 saturated heterocycles. The van der Waals surface area contributed by atoms with Crippen LogP contribution in [0.2, 0.25) is 0 Å². The molecule has 14 heavy (non-hydrogen) atoms. The number of aromatic nitrogens is 1. The Bertz CT molecular complexity index is 314. The van der Waals surface area contributed by atoms with Crippen molar-refractivity contribution in [2.75, 3.05) is 0 Å². The van der Waals surface area contributed by atoms with E-state index in [-0.39, 0.29) is 0 Å². The third-order valence-corrected chi connectivity index (χ3v) is 3.15. The van der Waals surface area contributed by atoms with E-state index in [9.17, 15) is 0 Å². The Kier molecular flexibility index (Phi) is 1.91. The molecule has 3 heterocycles. The van der Waals surface area contributed by atoms with E-state index in [1.165, 1.54) is 12.8 Å². The molecule has 0 aromatic carbocycles. The zero-order chi connectivity index (χ0) is 9.38. The number of ether oxygens (including phenoxy) is 1. The first kappa shape index (κ1) is 8.24. The minimum absolute atomic E-state index is 0.337. The van der Waals surface area contributed by atoms with Gasteiger partial charge in [-0.2, -0.15) is 0 Å². The van der Waals surface area contributed by atoms with E-state index in [0.717, 1.165) is 12.3 Å². The van der Waals surface area contributed by atoms with Crippen LogP contribution in [-0.2, 0) is 0 Å². The maximum Gasteiger partial charge on any atom is 0.213 e. The molecule has 1 N–H and O–H groups in total. The van der Waals surface area contributed by atoms with Gasteiger partial charge in [-0.25, -0.2) is 4.98 Å². The first-order valence-corrected chi connectivity index (χ1v) is 5.25. The third-order valence-electron chi connectivity index (χ3n) is 3.15. The van der Waals surface area contributed by atoms with Crippen molar-refractivity contribution in [2.24, 2.45) is 0 Å². The fourth-order valence-corrected chi connectivity index (χ4v) is 2.48. The molecule has 0 aliphatic carbocycles. The molecule has 1 aromatic heterocycles. The Labute approximate surface area is 83.5 Å². The van der Waals surface area contributed by atoms with Crippen LogP contribution in [0.15, 0.2) is 24.4 Å². The lowest BCUT2D eigenvalue weighted by Crippen LogP contribution is -2.31. The molecule has 74 valence electrons. The van der Waals surface area contributed by atoms with Crippen molar-refractivity contribution in [3.8, 4) is 5.88 Å². The zero-order valence-corrected chi connectivity index (χ0v) is 8.02. The van der Waals surface area contributed by atoms with E-state index in [1.807, 2.05) is 18.2 Å². The number of pyridine rings is 1. The van der Waals surface area contributed by atoms with E-state index in [0.29, 0.717) is 18.2 Å². The summed E-state index contributed by atoms with van der Waals surface area (Å²) in [6, 6.07) is 7.04. The Morgan fingerprint density at radius 2 is 2.36 bits per heavy atom. The molecule has 3 nitrogen and oxygen atoms in total. The average Bonchev–Trinajstić information content (AvgIpc) is 2.81. The Morgan fingerprint density at radius 1 is 1.36 bits per heavy atom. The van der Waals surface area contributed by atoms with Gasteiger partial charge in [0.2, 0.25) is 5.88 Å². The summed E-state index contributed by atoms with van der Waals surface area (Å²) in [4.78, 5) is 4.18. The minimum Gasteiger partial charge on any atom is -0.473 e. The highest BCUT2D eigenvalue weighted by molar-refractivity contribution is 5.11. The topological polar surface area (TPSA) is 34.1 Å². The summed E-state index contributed by atoms with van der Waals surface area (Å²) in [5.41, 5.74) is 0. The SMILES string of the molecule is c1ccc(OC2CC3CCC2N3)nc1. The fraction of sp³-hybridized carbons (Fsp3) is 0.545.